The number of carbonyl (C=O) groups excluding carboxylic acids is 2. The summed E-state index contributed by atoms with van der Waals surface area (Å²) in [6.45, 7) is 2.22. The maximum absolute atomic E-state index is 12.3. The highest BCUT2D eigenvalue weighted by atomic mass is 35.5. The van der Waals surface area contributed by atoms with E-state index in [1.807, 2.05) is 18.2 Å². The molecule has 0 spiro atoms. The maximum atomic E-state index is 12.3. The van der Waals surface area contributed by atoms with Crippen molar-refractivity contribution in [1.29, 1.82) is 0 Å². The number of nitrogens with one attached hydrogen (secondary N) is 1. The first kappa shape index (κ1) is 20.7. The second-order valence-electron chi connectivity index (χ2n) is 6.27. The zero-order valence-electron chi connectivity index (χ0n) is 15.0. The summed E-state index contributed by atoms with van der Waals surface area (Å²) < 4.78 is 5.14. The fraction of sp³-hybridized carbons (Fsp3) is 0.350. The van der Waals surface area contributed by atoms with E-state index < -0.39 is 5.97 Å². The number of aromatic nitrogens is 1. The van der Waals surface area contributed by atoms with E-state index in [1.165, 1.54) is 11.9 Å². The number of hydrogen-bond donors (Lipinski definition) is 1. The predicted octanol–water partition coefficient (Wildman–Crippen LogP) is 2.69. The molecular weight excluding hydrogens is 366 g/mol. The van der Waals surface area contributed by atoms with Crippen LogP contribution in [-0.4, -0.2) is 43.1 Å². The molecule has 0 aliphatic carbocycles. The third kappa shape index (κ3) is 5.96. The molecule has 0 bridgehead atoms. The maximum Gasteiger partial charge on any atom is 0.339 e. The average Bonchev–Trinajstić information content (AvgIpc) is 2.72. The summed E-state index contributed by atoms with van der Waals surface area (Å²) in [5, 5.41) is 2.86. The molecule has 1 aromatic carbocycles. The fourth-order valence-corrected chi connectivity index (χ4v) is 3.07. The topological polar surface area (TPSA) is 71.5 Å². The fourth-order valence-electron chi connectivity index (χ4n) is 3.07. The van der Waals surface area contributed by atoms with Crippen molar-refractivity contribution in [2.75, 3.05) is 31.1 Å². The smallest absolute Gasteiger partial charge is 0.339 e. The van der Waals surface area contributed by atoms with Gasteiger partial charge in [0.25, 0.3) is 0 Å². The molecule has 1 amide bonds. The highest BCUT2D eigenvalue weighted by Crippen LogP contribution is 2.22. The standard InChI is InChI=1S/C20H23N3O3.ClH/c24-19(22-11-14-26-20(25)17-5-4-10-21-15-17)16-8-12-23(13-9-16)18-6-2-1-3-7-18;/h1-7,10,15-16H,8-9,11-14H2,(H,22,24);1H. The van der Waals surface area contributed by atoms with Crippen LogP contribution in [0.4, 0.5) is 5.69 Å². The second-order valence-corrected chi connectivity index (χ2v) is 6.27. The lowest BCUT2D eigenvalue weighted by atomic mass is 9.95. The molecule has 3 rings (SSSR count). The number of rotatable bonds is 6. The number of amides is 1. The molecule has 1 saturated heterocycles. The van der Waals surface area contributed by atoms with Crippen molar-refractivity contribution < 1.29 is 14.3 Å². The van der Waals surface area contributed by atoms with Crippen LogP contribution >= 0.6 is 12.4 Å². The molecule has 7 heteroatoms. The number of nitrogens with zero attached hydrogens (tertiary/aromatic N) is 2. The van der Waals surface area contributed by atoms with E-state index in [2.05, 4.69) is 27.3 Å². The number of anilines is 1. The zero-order chi connectivity index (χ0) is 18.2. The monoisotopic (exact) mass is 389 g/mol. The number of pyridine rings is 1. The summed E-state index contributed by atoms with van der Waals surface area (Å²) in [5.74, 6) is -0.373. The van der Waals surface area contributed by atoms with Gasteiger partial charge in [0.15, 0.2) is 0 Å². The first-order chi connectivity index (χ1) is 12.7. The zero-order valence-corrected chi connectivity index (χ0v) is 15.9. The number of para-hydroxylation sites is 1. The Morgan fingerprint density at radius 2 is 1.85 bits per heavy atom. The van der Waals surface area contributed by atoms with Gasteiger partial charge in [-0.25, -0.2) is 4.79 Å². The number of piperidine rings is 1. The largest absolute Gasteiger partial charge is 0.460 e. The Labute approximate surface area is 165 Å². The summed E-state index contributed by atoms with van der Waals surface area (Å²) in [6, 6.07) is 13.6. The van der Waals surface area contributed by atoms with Crippen LogP contribution < -0.4 is 10.2 Å². The lowest BCUT2D eigenvalue weighted by molar-refractivity contribution is -0.125. The van der Waals surface area contributed by atoms with Gasteiger partial charge in [0.1, 0.15) is 6.61 Å². The molecule has 1 N–H and O–H groups in total. The minimum atomic E-state index is -0.427. The van der Waals surface area contributed by atoms with E-state index in [0.29, 0.717) is 12.1 Å². The Morgan fingerprint density at radius 3 is 2.52 bits per heavy atom. The van der Waals surface area contributed by atoms with E-state index in [9.17, 15) is 9.59 Å². The van der Waals surface area contributed by atoms with Gasteiger partial charge < -0.3 is 15.0 Å². The molecule has 27 heavy (non-hydrogen) atoms. The first-order valence-corrected chi connectivity index (χ1v) is 8.89. The molecule has 1 aromatic heterocycles. The van der Waals surface area contributed by atoms with Crippen LogP contribution in [0.2, 0.25) is 0 Å². The average molecular weight is 390 g/mol. The van der Waals surface area contributed by atoms with Crippen molar-refractivity contribution in [2.24, 2.45) is 5.92 Å². The van der Waals surface area contributed by atoms with Gasteiger partial charge in [0.2, 0.25) is 5.91 Å². The molecule has 1 aliphatic rings. The molecule has 1 aliphatic heterocycles. The van der Waals surface area contributed by atoms with Gasteiger partial charge in [-0.1, -0.05) is 18.2 Å². The normalized spacial score (nSPS) is 14.1. The van der Waals surface area contributed by atoms with Gasteiger partial charge in [-0.2, -0.15) is 0 Å². The Kier molecular flexibility index (Phi) is 8.07. The van der Waals surface area contributed by atoms with Gasteiger partial charge in [-0.3, -0.25) is 9.78 Å². The molecule has 6 nitrogen and oxygen atoms in total. The Balaban J connectivity index is 0.00000261. The van der Waals surface area contributed by atoms with Gasteiger partial charge >= 0.3 is 5.97 Å². The highest BCUT2D eigenvalue weighted by molar-refractivity contribution is 5.88. The van der Waals surface area contributed by atoms with E-state index in [-0.39, 0.29) is 30.8 Å². The van der Waals surface area contributed by atoms with Crippen molar-refractivity contribution in [3.63, 3.8) is 0 Å². The summed E-state index contributed by atoms with van der Waals surface area (Å²) >= 11 is 0. The van der Waals surface area contributed by atoms with Crippen molar-refractivity contribution >= 4 is 30.0 Å². The molecule has 144 valence electrons. The minimum Gasteiger partial charge on any atom is -0.460 e. The SMILES string of the molecule is Cl.O=C(OCCNC(=O)C1CCN(c2ccccc2)CC1)c1cccnc1. The number of ether oxygens (including phenoxy) is 1. The summed E-state index contributed by atoms with van der Waals surface area (Å²) in [5.41, 5.74) is 1.61. The molecule has 0 saturated carbocycles. The summed E-state index contributed by atoms with van der Waals surface area (Å²) in [7, 11) is 0. The third-order valence-corrected chi connectivity index (χ3v) is 4.52. The Hall–Kier alpha value is -2.60. The number of benzene rings is 1. The highest BCUT2D eigenvalue weighted by Gasteiger charge is 2.24. The van der Waals surface area contributed by atoms with Crippen molar-refractivity contribution in [2.45, 2.75) is 12.8 Å². The van der Waals surface area contributed by atoms with Gasteiger partial charge in [0, 0.05) is 37.1 Å². The number of carbonyl (C=O) groups is 2. The van der Waals surface area contributed by atoms with Crippen molar-refractivity contribution in [3.05, 3.63) is 60.4 Å². The molecule has 0 radical (unpaired) electrons. The van der Waals surface area contributed by atoms with Crippen molar-refractivity contribution in [3.8, 4) is 0 Å². The predicted molar refractivity (Wildman–Crippen MR) is 106 cm³/mol. The van der Waals surface area contributed by atoms with Crippen molar-refractivity contribution in [1.82, 2.24) is 10.3 Å². The lowest BCUT2D eigenvalue weighted by Crippen LogP contribution is -2.41. The van der Waals surface area contributed by atoms with E-state index in [4.69, 9.17) is 4.74 Å². The summed E-state index contributed by atoms with van der Waals surface area (Å²) in [4.78, 5) is 30.2. The van der Waals surface area contributed by atoms with Crippen LogP contribution in [0, 0.1) is 5.92 Å². The van der Waals surface area contributed by atoms with Crippen LogP contribution in [0.1, 0.15) is 23.2 Å². The number of hydrogen-bond acceptors (Lipinski definition) is 5. The van der Waals surface area contributed by atoms with E-state index in [0.717, 1.165) is 25.9 Å². The third-order valence-electron chi connectivity index (χ3n) is 4.52. The van der Waals surface area contributed by atoms with E-state index >= 15 is 0 Å². The molecule has 2 heterocycles. The van der Waals surface area contributed by atoms with Gasteiger partial charge in [-0.15, -0.1) is 12.4 Å². The molecule has 2 aromatic rings. The van der Waals surface area contributed by atoms with Crippen LogP contribution in [0.3, 0.4) is 0 Å². The first-order valence-electron chi connectivity index (χ1n) is 8.89. The van der Waals surface area contributed by atoms with Gasteiger partial charge in [-0.05, 0) is 37.1 Å². The summed E-state index contributed by atoms with van der Waals surface area (Å²) in [6.07, 6.45) is 4.72. The van der Waals surface area contributed by atoms with Crippen LogP contribution in [-0.2, 0) is 9.53 Å². The van der Waals surface area contributed by atoms with Crippen LogP contribution in [0.5, 0.6) is 0 Å². The molecule has 0 atom stereocenters. The lowest BCUT2D eigenvalue weighted by Gasteiger charge is -2.33. The number of halogens is 1. The minimum absolute atomic E-state index is 0. The van der Waals surface area contributed by atoms with Gasteiger partial charge in [0.05, 0.1) is 12.1 Å². The van der Waals surface area contributed by atoms with Crippen LogP contribution in [0.25, 0.3) is 0 Å². The van der Waals surface area contributed by atoms with E-state index in [1.54, 1.807) is 18.3 Å². The van der Waals surface area contributed by atoms with Crippen LogP contribution in [0.15, 0.2) is 54.9 Å². The molecule has 0 unspecified atom stereocenters. The second kappa shape index (κ2) is 10.5. The quantitative estimate of drug-likeness (QED) is 0.607. The Morgan fingerprint density at radius 1 is 1.11 bits per heavy atom. The Bertz CT molecular complexity index is 720. The molecular formula is C20H24ClN3O3. The number of esters is 1. The molecule has 1 fully saturated rings.